The zero-order valence-electron chi connectivity index (χ0n) is 17.1. The van der Waals surface area contributed by atoms with Gasteiger partial charge in [0, 0.05) is 28.7 Å². The van der Waals surface area contributed by atoms with E-state index in [-0.39, 0.29) is 25.0 Å². The summed E-state index contributed by atoms with van der Waals surface area (Å²) in [5, 5.41) is 0. The first-order chi connectivity index (χ1) is 14.9. The SMILES string of the molecule is Cc1cc(C(=O)COC(=O)C=Cc2ccc3c(c2)OCO3)c(C)n1-c1ccc(F)cc1. The molecule has 7 heteroatoms. The summed E-state index contributed by atoms with van der Waals surface area (Å²) in [6, 6.07) is 13.0. The Morgan fingerprint density at radius 2 is 1.81 bits per heavy atom. The van der Waals surface area contributed by atoms with Crippen LogP contribution < -0.4 is 9.47 Å². The van der Waals surface area contributed by atoms with Crippen molar-refractivity contribution in [1.82, 2.24) is 4.57 Å². The van der Waals surface area contributed by atoms with E-state index >= 15 is 0 Å². The van der Waals surface area contributed by atoms with Gasteiger partial charge in [0.1, 0.15) is 5.82 Å². The fraction of sp³-hybridized carbons (Fsp3) is 0.167. The Hall–Kier alpha value is -3.87. The molecule has 0 spiro atoms. The lowest BCUT2D eigenvalue weighted by Crippen LogP contribution is -2.13. The van der Waals surface area contributed by atoms with Gasteiger partial charge in [0.05, 0.1) is 0 Å². The molecule has 0 N–H and O–H groups in total. The Morgan fingerprint density at radius 3 is 2.58 bits per heavy atom. The lowest BCUT2D eigenvalue weighted by atomic mass is 10.1. The second kappa shape index (κ2) is 8.47. The smallest absolute Gasteiger partial charge is 0.331 e. The lowest BCUT2D eigenvalue weighted by Gasteiger charge is -2.09. The van der Waals surface area contributed by atoms with E-state index in [9.17, 15) is 14.0 Å². The van der Waals surface area contributed by atoms with Gasteiger partial charge < -0.3 is 18.8 Å². The van der Waals surface area contributed by atoms with Crippen molar-refractivity contribution < 1.29 is 28.2 Å². The van der Waals surface area contributed by atoms with Crippen LogP contribution >= 0.6 is 0 Å². The largest absolute Gasteiger partial charge is 0.454 e. The Kier molecular flexibility index (Phi) is 5.58. The van der Waals surface area contributed by atoms with E-state index in [2.05, 4.69) is 0 Å². The third-order valence-electron chi connectivity index (χ3n) is 4.97. The highest BCUT2D eigenvalue weighted by molar-refractivity contribution is 6.00. The number of carbonyl (C=O) groups is 2. The maximum atomic E-state index is 13.2. The summed E-state index contributed by atoms with van der Waals surface area (Å²) >= 11 is 0. The quantitative estimate of drug-likeness (QED) is 0.335. The predicted octanol–water partition coefficient (Wildman–Crippen LogP) is 4.40. The van der Waals surface area contributed by atoms with Crippen molar-refractivity contribution >= 4 is 17.8 Å². The van der Waals surface area contributed by atoms with Gasteiger partial charge in [-0.05, 0) is 68.0 Å². The van der Waals surface area contributed by atoms with E-state index in [4.69, 9.17) is 14.2 Å². The highest BCUT2D eigenvalue weighted by atomic mass is 19.1. The average Bonchev–Trinajstić information content (AvgIpc) is 3.34. The molecular weight excluding hydrogens is 401 g/mol. The molecule has 0 amide bonds. The first-order valence-electron chi connectivity index (χ1n) is 9.65. The number of hydrogen-bond donors (Lipinski definition) is 0. The summed E-state index contributed by atoms with van der Waals surface area (Å²) in [4.78, 5) is 24.7. The number of aromatic nitrogens is 1. The second-order valence-corrected chi connectivity index (χ2v) is 7.07. The monoisotopic (exact) mass is 421 g/mol. The van der Waals surface area contributed by atoms with Crippen molar-refractivity contribution in [2.75, 3.05) is 13.4 Å². The third-order valence-corrected chi connectivity index (χ3v) is 4.97. The minimum Gasteiger partial charge on any atom is -0.454 e. The van der Waals surface area contributed by atoms with Gasteiger partial charge in [-0.25, -0.2) is 9.18 Å². The molecule has 0 radical (unpaired) electrons. The molecule has 31 heavy (non-hydrogen) atoms. The highest BCUT2D eigenvalue weighted by Crippen LogP contribution is 2.32. The summed E-state index contributed by atoms with van der Waals surface area (Å²) in [5.74, 6) is -0.00125. The maximum absolute atomic E-state index is 13.2. The molecule has 4 rings (SSSR count). The molecule has 3 aromatic rings. The third kappa shape index (κ3) is 4.35. The number of fused-ring (bicyclic) bond motifs is 1. The molecule has 0 fully saturated rings. The van der Waals surface area contributed by atoms with Crippen molar-refractivity contribution in [3.8, 4) is 17.2 Å². The zero-order chi connectivity index (χ0) is 22.0. The van der Waals surface area contributed by atoms with Crippen LogP contribution in [0.1, 0.15) is 27.3 Å². The van der Waals surface area contributed by atoms with Crippen LogP contribution in [0.25, 0.3) is 11.8 Å². The van der Waals surface area contributed by atoms with Crippen LogP contribution in [0, 0.1) is 19.7 Å². The number of rotatable bonds is 6. The molecule has 0 unspecified atom stereocenters. The first-order valence-corrected chi connectivity index (χ1v) is 9.65. The zero-order valence-corrected chi connectivity index (χ0v) is 17.1. The molecule has 0 saturated carbocycles. The van der Waals surface area contributed by atoms with Gasteiger partial charge in [0.25, 0.3) is 0 Å². The van der Waals surface area contributed by atoms with Gasteiger partial charge in [-0.15, -0.1) is 0 Å². The molecule has 1 aliphatic rings. The van der Waals surface area contributed by atoms with E-state index in [1.165, 1.54) is 18.2 Å². The number of Topliss-reactive ketones (excluding diaryl/α,β-unsaturated/α-hetero) is 1. The Labute approximate surface area is 178 Å². The van der Waals surface area contributed by atoms with Gasteiger partial charge >= 0.3 is 5.97 Å². The van der Waals surface area contributed by atoms with Crippen LogP contribution in [0.5, 0.6) is 11.5 Å². The van der Waals surface area contributed by atoms with Crippen LogP contribution in [-0.2, 0) is 9.53 Å². The van der Waals surface area contributed by atoms with Crippen LogP contribution in [-0.4, -0.2) is 29.7 Å². The van der Waals surface area contributed by atoms with Gasteiger partial charge in [-0.3, -0.25) is 4.79 Å². The topological polar surface area (TPSA) is 66.8 Å². The normalized spacial score (nSPS) is 12.4. The lowest BCUT2D eigenvalue weighted by molar-refractivity contribution is -0.136. The molecule has 0 saturated heterocycles. The minimum absolute atomic E-state index is 0.175. The van der Waals surface area contributed by atoms with E-state index in [0.717, 1.165) is 16.9 Å². The number of carbonyl (C=O) groups excluding carboxylic acids is 2. The molecule has 158 valence electrons. The fourth-order valence-electron chi connectivity index (χ4n) is 3.48. The van der Waals surface area contributed by atoms with Crippen molar-refractivity contribution in [3.63, 3.8) is 0 Å². The van der Waals surface area contributed by atoms with Crippen LogP contribution in [0.3, 0.4) is 0 Å². The maximum Gasteiger partial charge on any atom is 0.331 e. The number of ketones is 1. The molecular formula is C24H20FNO5. The Bertz CT molecular complexity index is 1180. The van der Waals surface area contributed by atoms with E-state index in [0.29, 0.717) is 22.8 Å². The number of hydrogen-bond acceptors (Lipinski definition) is 5. The van der Waals surface area contributed by atoms with Gasteiger partial charge in [0.2, 0.25) is 12.6 Å². The predicted molar refractivity (Wildman–Crippen MR) is 112 cm³/mol. The number of aryl methyl sites for hydroxylation is 1. The number of nitrogens with zero attached hydrogens (tertiary/aromatic N) is 1. The molecule has 0 aliphatic carbocycles. The number of halogens is 1. The fourth-order valence-corrected chi connectivity index (χ4v) is 3.48. The molecule has 0 bridgehead atoms. The van der Waals surface area contributed by atoms with Crippen LogP contribution in [0.4, 0.5) is 4.39 Å². The summed E-state index contributed by atoms with van der Waals surface area (Å²) in [6.07, 6.45) is 2.84. The summed E-state index contributed by atoms with van der Waals surface area (Å²) in [5.41, 5.74) is 3.46. The molecule has 0 atom stereocenters. The number of ether oxygens (including phenoxy) is 3. The van der Waals surface area contributed by atoms with Crippen molar-refractivity contribution in [2.24, 2.45) is 0 Å². The molecule has 2 aromatic carbocycles. The van der Waals surface area contributed by atoms with Crippen LogP contribution in [0.15, 0.2) is 54.6 Å². The second-order valence-electron chi connectivity index (χ2n) is 7.07. The van der Waals surface area contributed by atoms with Crippen molar-refractivity contribution in [1.29, 1.82) is 0 Å². The summed E-state index contributed by atoms with van der Waals surface area (Å²) in [7, 11) is 0. The molecule has 1 aliphatic heterocycles. The Balaban J connectivity index is 1.40. The van der Waals surface area contributed by atoms with Crippen LogP contribution in [0.2, 0.25) is 0 Å². The number of benzene rings is 2. The van der Waals surface area contributed by atoms with Crippen molar-refractivity contribution in [3.05, 3.63) is 82.9 Å². The number of esters is 1. The highest BCUT2D eigenvalue weighted by Gasteiger charge is 2.18. The minimum atomic E-state index is -0.627. The van der Waals surface area contributed by atoms with Crippen molar-refractivity contribution in [2.45, 2.75) is 13.8 Å². The molecule has 2 heterocycles. The van der Waals surface area contributed by atoms with Gasteiger partial charge in [-0.1, -0.05) is 6.07 Å². The Morgan fingerprint density at radius 1 is 1.06 bits per heavy atom. The first kappa shape index (κ1) is 20.4. The van der Waals surface area contributed by atoms with Gasteiger partial charge in [-0.2, -0.15) is 0 Å². The van der Waals surface area contributed by atoms with E-state index in [1.807, 2.05) is 11.5 Å². The van der Waals surface area contributed by atoms with E-state index in [1.54, 1.807) is 49.4 Å². The summed E-state index contributed by atoms with van der Waals surface area (Å²) in [6.45, 7) is 3.45. The average molecular weight is 421 g/mol. The van der Waals surface area contributed by atoms with E-state index < -0.39 is 5.97 Å². The molecule has 6 nitrogen and oxygen atoms in total. The molecule has 1 aromatic heterocycles. The standard InChI is InChI=1S/C24H20FNO5/c1-15-11-20(16(2)26(15)19-7-5-18(25)6-8-19)21(27)13-29-24(28)10-4-17-3-9-22-23(12-17)31-14-30-22/h3-12H,13-14H2,1-2H3. The van der Waals surface area contributed by atoms with Gasteiger partial charge in [0.15, 0.2) is 18.1 Å². The summed E-state index contributed by atoms with van der Waals surface area (Å²) < 4.78 is 30.7.